The van der Waals surface area contributed by atoms with Crippen molar-refractivity contribution >= 4 is 11.9 Å². The predicted molar refractivity (Wildman–Crippen MR) is 160 cm³/mol. The van der Waals surface area contributed by atoms with E-state index >= 15 is 0 Å². The molecule has 228 valence electrons. The van der Waals surface area contributed by atoms with Crippen molar-refractivity contribution in [1.29, 1.82) is 0 Å². The number of phenolic OH excluding ortho intramolecular Hbond substituents is 2. The van der Waals surface area contributed by atoms with Gasteiger partial charge in [-0.3, -0.25) is 0 Å². The second kappa shape index (κ2) is 11.9. The Morgan fingerprint density at radius 1 is 0.667 bits per heavy atom. The summed E-state index contributed by atoms with van der Waals surface area (Å²) in [6.45, 7) is 15.7. The van der Waals surface area contributed by atoms with Crippen LogP contribution in [0, 0.1) is 41.5 Å². The van der Waals surface area contributed by atoms with Gasteiger partial charge in [0, 0.05) is 36.1 Å². The lowest BCUT2D eigenvalue weighted by molar-refractivity contribution is -0.141. The summed E-state index contributed by atoms with van der Waals surface area (Å²) in [7, 11) is 0. The van der Waals surface area contributed by atoms with Gasteiger partial charge in [0.25, 0.3) is 0 Å². The van der Waals surface area contributed by atoms with Crippen molar-refractivity contribution in [3.63, 3.8) is 0 Å². The number of rotatable bonds is 8. The highest BCUT2D eigenvalue weighted by atomic mass is 16.5. The van der Waals surface area contributed by atoms with Crippen LogP contribution in [0.1, 0.15) is 84.0 Å². The Labute approximate surface area is 248 Å². The van der Waals surface area contributed by atoms with Gasteiger partial charge in [0.15, 0.2) is 0 Å². The fraction of sp³-hybridized carbons (Fsp3) is 0.529. The molecule has 0 aromatic heterocycles. The maximum atomic E-state index is 12.2. The lowest BCUT2D eigenvalue weighted by atomic mass is 9.86. The van der Waals surface area contributed by atoms with E-state index in [1.807, 2.05) is 55.4 Å². The highest BCUT2D eigenvalue weighted by Gasteiger charge is 2.36. The minimum absolute atomic E-state index is 0.145. The fourth-order valence-electron chi connectivity index (χ4n) is 5.91. The third-order valence-electron chi connectivity index (χ3n) is 9.29. The molecule has 2 atom stereocenters. The number of hydrogen-bond donors (Lipinski definition) is 2. The third kappa shape index (κ3) is 6.22. The molecule has 8 heteroatoms. The molecule has 2 aromatic carbocycles. The maximum absolute atomic E-state index is 12.2. The number of hydrogen-bond acceptors (Lipinski definition) is 8. The van der Waals surface area contributed by atoms with E-state index in [9.17, 15) is 19.8 Å². The van der Waals surface area contributed by atoms with E-state index < -0.39 is 23.1 Å². The van der Waals surface area contributed by atoms with Crippen LogP contribution >= 0.6 is 0 Å². The van der Waals surface area contributed by atoms with Crippen LogP contribution in [-0.2, 0) is 31.9 Å². The molecular weight excluding hydrogens is 536 g/mol. The second-order valence-electron chi connectivity index (χ2n) is 12.3. The highest BCUT2D eigenvalue weighted by Crippen LogP contribution is 2.45. The smallest absolute Gasteiger partial charge is 0.331 e. The number of aromatic hydroxyl groups is 2. The fourth-order valence-corrected chi connectivity index (χ4v) is 5.91. The number of ether oxygens (including phenoxy) is 4. The SMILES string of the molecule is Cc1c(C)c2c(c(C)c1O)CCC(C)(CCOC(=O)C=CC(=O)OCCC1(C)CCc3c(C)c(O)c(C)c(C)c3O1)O2. The molecular formula is C34H44O8. The molecule has 0 fully saturated rings. The van der Waals surface area contributed by atoms with E-state index in [2.05, 4.69) is 0 Å². The van der Waals surface area contributed by atoms with Gasteiger partial charge in [-0.05, 0) is 114 Å². The molecule has 2 unspecified atom stereocenters. The van der Waals surface area contributed by atoms with Gasteiger partial charge in [0.2, 0.25) is 0 Å². The summed E-state index contributed by atoms with van der Waals surface area (Å²) in [5.41, 5.74) is 6.21. The van der Waals surface area contributed by atoms with E-state index in [1.54, 1.807) is 0 Å². The van der Waals surface area contributed by atoms with Crippen LogP contribution in [0.15, 0.2) is 12.2 Å². The molecule has 42 heavy (non-hydrogen) atoms. The minimum Gasteiger partial charge on any atom is -0.507 e. The standard InChI is InChI=1S/C34H44O8/c1-19-21(3)31-25(23(5)29(19)37)11-13-33(7,41-31)15-17-39-27(35)9-10-28(36)40-18-16-34(8)14-12-26-24(6)30(38)20(2)22(4)32(26)42-34/h9-10,37-38H,11-18H2,1-8H3. The van der Waals surface area contributed by atoms with Crippen LogP contribution in [0.5, 0.6) is 23.0 Å². The third-order valence-corrected chi connectivity index (χ3v) is 9.29. The van der Waals surface area contributed by atoms with E-state index in [0.717, 1.165) is 93.8 Å². The molecule has 0 spiro atoms. The first-order valence-electron chi connectivity index (χ1n) is 14.7. The first-order chi connectivity index (χ1) is 19.7. The van der Waals surface area contributed by atoms with E-state index in [-0.39, 0.29) is 13.2 Å². The first kappa shape index (κ1) is 31.3. The van der Waals surface area contributed by atoms with Crippen LogP contribution in [0.25, 0.3) is 0 Å². The molecule has 0 bridgehead atoms. The molecule has 0 saturated heterocycles. The van der Waals surface area contributed by atoms with Gasteiger partial charge in [-0.2, -0.15) is 0 Å². The van der Waals surface area contributed by atoms with Crippen molar-refractivity contribution < 1.29 is 38.7 Å². The zero-order valence-electron chi connectivity index (χ0n) is 26.2. The van der Waals surface area contributed by atoms with Crippen LogP contribution in [0.2, 0.25) is 0 Å². The van der Waals surface area contributed by atoms with Crippen molar-refractivity contribution in [2.24, 2.45) is 0 Å². The summed E-state index contributed by atoms with van der Waals surface area (Å²) < 4.78 is 23.4. The van der Waals surface area contributed by atoms with Gasteiger partial charge in [-0.15, -0.1) is 0 Å². The molecule has 0 radical (unpaired) electrons. The average Bonchev–Trinajstić information content (AvgIpc) is 2.95. The van der Waals surface area contributed by atoms with E-state index in [4.69, 9.17) is 18.9 Å². The predicted octanol–water partition coefficient (Wildman–Crippen LogP) is 6.24. The Balaban J connectivity index is 1.22. The Kier molecular flexibility index (Phi) is 8.86. The largest absolute Gasteiger partial charge is 0.507 e. The molecule has 4 rings (SSSR count). The normalized spacial score (nSPS) is 21.2. The Hall–Kier alpha value is -3.68. The molecule has 2 N–H and O–H groups in total. The van der Waals surface area contributed by atoms with Gasteiger partial charge in [-0.1, -0.05) is 0 Å². The lowest BCUT2D eigenvalue weighted by Crippen LogP contribution is -2.38. The van der Waals surface area contributed by atoms with Crippen LogP contribution < -0.4 is 9.47 Å². The summed E-state index contributed by atoms with van der Waals surface area (Å²) in [6, 6.07) is 0. The number of carbonyl (C=O) groups is 2. The van der Waals surface area contributed by atoms with Gasteiger partial charge < -0.3 is 29.2 Å². The van der Waals surface area contributed by atoms with Crippen molar-refractivity contribution in [3.8, 4) is 23.0 Å². The molecule has 2 aromatic rings. The van der Waals surface area contributed by atoms with Crippen LogP contribution in [-0.4, -0.2) is 46.6 Å². The molecule has 0 saturated carbocycles. The first-order valence-corrected chi connectivity index (χ1v) is 14.7. The Morgan fingerprint density at radius 3 is 1.38 bits per heavy atom. The zero-order valence-corrected chi connectivity index (χ0v) is 26.2. The van der Waals surface area contributed by atoms with E-state index in [0.29, 0.717) is 24.3 Å². The van der Waals surface area contributed by atoms with Gasteiger partial charge in [-0.25, -0.2) is 9.59 Å². The second-order valence-corrected chi connectivity index (χ2v) is 12.3. The average molecular weight is 581 g/mol. The van der Waals surface area contributed by atoms with E-state index in [1.165, 1.54) is 0 Å². The molecule has 2 aliphatic rings. The summed E-state index contributed by atoms with van der Waals surface area (Å²) in [5.74, 6) is 1.01. The van der Waals surface area contributed by atoms with Crippen LogP contribution in [0.4, 0.5) is 0 Å². The summed E-state index contributed by atoms with van der Waals surface area (Å²) in [4.78, 5) is 24.5. The van der Waals surface area contributed by atoms with Crippen molar-refractivity contribution in [3.05, 3.63) is 56.7 Å². The zero-order chi connectivity index (χ0) is 31.0. The number of carbonyl (C=O) groups excluding carboxylic acids is 2. The summed E-state index contributed by atoms with van der Waals surface area (Å²) in [6.07, 6.45) is 6.16. The number of esters is 2. The molecule has 8 nitrogen and oxygen atoms in total. The van der Waals surface area contributed by atoms with Crippen molar-refractivity contribution in [2.45, 2.75) is 105 Å². The summed E-state index contributed by atoms with van der Waals surface area (Å²) in [5, 5.41) is 20.8. The van der Waals surface area contributed by atoms with Crippen molar-refractivity contribution in [1.82, 2.24) is 0 Å². The molecule has 2 aliphatic heterocycles. The molecule has 0 aliphatic carbocycles. The van der Waals surface area contributed by atoms with Crippen molar-refractivity contribution in [2.75, 3.05) is 13.2 Å². The maximum Gasteiger partial charge on any atom is 0.331 e. The van der Waals surface area contributed by atoms with Gasteiger partial charge >= 0.3 is 11.9 Å². The number of benzene rings is 2. The lowest BCUT2D eigenvalue weighted by Gasteiger charge is -2.38. The minimum atomic E-state index is -0.622. The number of fused-ring (bicyclic) bond motifs is 2. The van der Waals surface area contributed by atoms with Gasteiger partial charge in [0.1, 0.15) is 34.2 Å². The highest BCUT2D eigenvalue weighted by molar-refractivity contribution is 5.91. The molecule has 2 heterocycles. The Bertz CT molecular complexity index is 1330. The van der Waals surface area contributed by atoms with Crippen LogP contribution in [0.3, 0.4) is 0 Å². The topological polar surface area (TPSA) is 112 Å². The number of phenols is 2. The summed E-state index contributed by atoms with van der Waals surface area (Å²) >= 11 is 0. The molecule has 0 amide bonds. The Morgan fingerprint density at radius 2 is 1.02 bits per heavy atom. The van der Waals surface area contributed by atoms with Gasteiger partial charge in [0.05, 0.1) is 13.2 Å². The quantitative estimate of drug-likeness (QED) is 0.279. The monoisotopic (exact) mass is 580 g/mol.